The molecule has 1 rings (SSSR count). The molecule has 0 atom stereocenters. The van der Waals surface area contributed by atoms with Crippen LogP contribution in [0.1, 0.15) is 30.1 Å². The van der Waals surface area contributed by atoms with Crippen molar-refractivity contribution in [3.8, 4) is 0 Å². The number of amides is 1. The number of rotatable bonds is 6. The van der Waals surface area contributed by atoms with Gasteiger partial charge in [-0.25, -0.2) is 4.39 Å². The predicted molar refractivity (Wildman–Crippen MR) is 75.6 cm³/mol. The maximum atomic E-state index is 13.4. The third-order valence-electron chi connectivity index (χ3n) is 2.59. The van der Waals surface area contributed by atoms with Gasteiger partial charge in [-0.15, -0.1) is 11.6 Å². The van der Waals surface area contributed by atoms with Crippen molar-refractivity contribution < 1.29 is 9.18 Å². The van der Waals surface area contributed by atoms with E-state index < -0.39 is 5.82 Å². The molecule has 0 unspecified atom stereocenters. The van der Waals surface area contributed by atoms with E-state index in [0.717, 1.165) is 12.8 Å². The Morgan fingerprint density at radius 2 is 2.17 bits per heavy atom. The molecule has 0 aliphatic heterocycles. The molecule has 0 heterocycles. The summed E-state index contributed by atoms with van der Waals surface area (Å²) in [4.78, 5) is 13.9. The summed E-state index contributed by atoms with van der Waals surface area (Å²) in [6.07, 6.45) is 1.92. The molecule has 0 fully saturated rings. The molecule has 0 N–H and O–H groups in total. The molecule has 0 saturated carbocycles. The molecule has 0 bridgehead atoms. The fourth-order valence-corrected chi connectivity index (χ4v) is 2.03. The normalized spacial score (nSPS) is 10.4. The van der Waals surface area contributed by atoms with Gasteiger partial charge in [0.05, 0.1) is 4.47 Å². The standard InChI is InChI=1S/C13H16BrClFNO/c1-2-3-7-17(8-6-15)13(18)10-4-5-11(14)12(16)9-10/h4-5,9H,2-3,6-8H2,1H3. The zero-order valence-electron chi connectivity index (χ0n) is 10.3. The highest BCUT2D eigenvalue weighted by atomic mass is 79.9. The highest BCUT2D eigenvalue weighted by Gasteiger charge is 2.16. The highest BCUT2D eigenvalue weighted by Crippen LogP contribution is 2.17. The zero-order chi connectivity index (χ0) is 13.5. The van der Waals surface area contributed by atoms with E-state index in [0.29, 0.717) is 29.0 Å². The van der Waals surface area contributed by atoms with Gasteiger partial charge < -0.3 is 4.90 Å². The van der Waals surface area contributed by atoms with E-state index >= 15 is 0 Å². The number of unbranched alkanes of at least 4 members (excludes halogenated alkanes) is 1. The summed E-state index contributed by atoms with van der Waals surface area (Å²) in [5, 5.41) is 0. The summed E-state index contributed by atoms with van der Waals surface area (Å²) in [6, 6.07) is 4.41. The van der Waals surface area contributed by atoms with Gasteiger partial charge in [0.25, 0.3) is 5.91 Å². The highest BCUT2D eigenvalue weighted by molar-refractivity contribution is 9.10. The molecule has 100 valence electrons. The first-order valence-corrected chi connectivity index (χ1v) is 7.23. The van der Waals surface area contributed by atoms with Gasteiger partial charge in [-0.3, -0.25) is 4.79 Å². The average Bonchev–Trinajstić information content (AvgIpc) is 2.37. The summed E-state index contributed by atoms with van der Waals surface area (Å²) < 4.78 is 13.8. The monoisotopic (exact) mass is 335 g/mol. The molecule has 18 heavy (non-hydrogen) atoms. The second-order valence-corrected chi connectivity index (χ2v) is 5.20. The number of halogens is 3. The van der Waals surface area contributed by atoms with Gasteiger partial charge in [0.15, 0.2) is 0 Å². The first-order valence-electron chi connectivity index (χ1n) is 5.90. The van der Waals surface area contributed by atoms with E-state index in [1.54, 1.807) is 17.0 Å². The predicted octanol–water partition coefficient (Wildman–Crippen LogP) is 4.07. The minimum atomic E-state index is -0.429. The maximum Gasteiger partial charge on any atom is 0.253 e. The van der Waals surface area contributed by atoms with E-state index in [9.17, 15) is 9.18 Å². The van der Waals surface area contributed by atoms with Crippen molar-refractivity contribution in [1.29, 1.82) is 0 Å². The first kappa shape index (κ1) is 15.4. The van der Waals surface area contributed by atoms with Gasteiger partial charge in [-0.2, -0.15) is 0 Å². The fourth-order valence-electron chi connectivity index (χ4n) is 1.58. The van der Waals surface area contributed by atoms with Crippen molar-refractivity contribution in [3.05, 3.63) is 34.1 Å². The molecular weight excluding hydrogens is 321 g/mol. The van der Waals surface area contributed by atoms with E-state index in [1.807, 2.05) is 0 Å². The fraction of sp³-hybridized carbons (Fsp3) is 0.462. The number of carbonyl (C=O) groups is 1. The van der Waals surface area contributed by atoms with Crippen LogP contribution in [0.3, 0.4) is 0 Å². The van der Waals surface area contributed by atoms with E-state index in [4.69, 9.17) is 11.6 Å². The van der Waals surface area contributed by atoms with Crippen LogP contribution in [-0.4, -0.2) is 29.8 Å². The molecule has 1 aromatic carbocycles. The smallest absolute Gasteiger partial charge is 0.253 e. The topological polar surface area (TPSA) is 20.3 Å². The SMILES string of the molecule is CCCCN(CCCl)C(=O)c1ccc(Br)c(F)c1. The van der Waals surface area contributed by atoms with Gasteiger partial charge >= 0.3 is 0 Å². The number of carbonyl (C=O) groups excluding carboxylic acids is 1. The quantitative estimate of drug-likeness (QED) is 0.717. The number of alkyl halides is 1. The van der Waals surface area contributed by atoms with Crippen LogP contribution in [0.2, 0.25) is 0 Å². The lowest BCUT2D eigenvalue weighted by Gasteiger charge is -2.21. The second kappa shape index (κ2) is 7.74. The van der Waals surface area contributed by atoms with Gasteiger partial charge in [0, 0.05) is 24.5 Å². The van der Waals surface area contributed by atoms with Crippen molar-refractivity contribution in [1.82, 2.24) is 4.90 Å². The van der Waals surface area contributed by atoms with Gasteiger partial charge in [0.1, 0.15) is 5.82 Å². The molecule has 0 aliphatic carbocycles. The Kier molecular flexibility index (Phi) is 6.65. The maximum absolute atomic E-state index is 13.4. The van der Waals surface area contributed by atoms with Crippen molar-refractivity contribution >= 4 is 33.4 Å². The lowest BCUT2D eigenvalue weighted by molar-refractivity contribution is 0.0763. The second-order valence-electron chi connectivity index (χ2n) is 3.96. The number of nitrogens with zero attached hydrogens (tertiary/aromatic N) is 1. The summed E-state index contributed by atoms with van der Waals surface area (Å²) in [6.45, 7) is 3.19. The Bertz CT molecular complexity index is 414. The molecule has 5 heteroatoms. The zero-order valence-corrected chi connectivity index (χ0v) is 12.6. The van der Waals surface area contributed by atoms with Crippen LogP contribution >= 0.6 is 27.5 Å². The lowest BCUT2D eigenvalue weighted by atomic mass is 10.2. The third kappa shape index (κ3) is 4.25. The first-order chi connectivity index (χ1) is 8.60. The summed E-state index contributed by atoms with van der Waals surface area (Å²) in [7, 11) is 0. The van der Waals surface area contributed by atoms with Crippen LogP contribution in [0, 0.1) is 5.82 Å². The van der Waals surface area contributed by atoms with E-state index in [2.05, 4.69) is 22.9 Å². The van der Waals surface area contributed by atoms with E-state index in [1.165, 1.54) is 6.07 Å². The van der Waals surface area contributed by atoms with Crippen LogP contribution in [0.5, 0.6) is 0 Å². The summed E-state index contributed by atoms with van der Waals surface area (Å²) in [5.41, 5.74) is 0.358. The average molecular weight is 337 g/mol. The van der Waals surface area contributed by atoms with Crippen LogP contribution in [0.25, 0.3) is 0 Å². The Labute approximate surface area is 120 Å². The Balaban J connectivity index is 2.83. The molecule has 2 nitrogen and oxygen atoms in total. The third-order valence-corrected chi connectivity index (χ3v) is 3.40. The minimum Gasteiger partial charge on any atom is -0.337 e. The number of benzene rings is 1. The molecular formula is C13H16BrClFNO. The molecule has 0 spiro atoms. The van der Waals surface area contributed by atoms with Crippen LogP contribution in [0.4, 0.5) is 4.39 Å². The van der Waals surface area contributed by atoms with Crippen molar-refractivity contribution in [3.63, 3.8) is 0 Å². The molecule has 1 amide bonds. The van der Waals surface area contributed by atoms with Crippen molar-refractivity contribution in [2.24, 2.45) is 0 Å². The Hall–Kier alpha value is -0.610. The van der Waals surface area contributed by atoms with Gasteiger partial charge in [0.2, 0.25) is 0 Å². The van der Waals surface area contributed by atoms with Crippen LogP contribution in [-0.2, 0) is 0 Å². The Morgan fingerprint density at radius 1 is 1.44 bits per heavy atom. The minimum absolute atomic E-state index is 0.171. The number of hydrogen-bond donors (Lipinski definition) is 0. The van der Waals surface area contributed by atoms with Crippen LogP contribution < -0.4 is 0 Å². The summed E-state index contributed by atoms with van der Waals surface area (Å²) in [5.74, 6) is -0.216. The van der Waals surface area contributed by atoms with Gasteiger partial charge in [-0.05, 0) is 40.5 Å². The number of hydrogen-bond acceptors (Lipinski definition) is 1. The molecule has 0 radical (unpaired) electrons. The van der Waals surface area contributed by atoms with Gasteiger partial charge in [-0.1, -0.05) is 13.3 Å². The van der Waals surface area contributed by atoms with Crippen LogP contribution in [0.15, 0.2) is 22.7 Å². The largest absolute Gasteiger partial charge is 0.337 e. The molecule has 0 aliphatic rings. The molecule has 0 aromatic heterocycles. The molecule has 1 aromatic rings. The lowest BCUT2D eigenvalue weighted by Crippen LogP contribution is -2.33. The van der Waals surface area contributed by atoms with E-state index in [-0.39, 0.29) is 5.91 Å². The summed E-state index contributed by atoms with van der Waals surface area (Å²) >= 11 is 8.75. The van der Waals surface area contributed by atoms with Crippen molar-refractivity contribution in [2.45, 2.75) is 19.8 Å². The van der Waals surface area contributed by atoms with Crippen molar-refractivity contribution in [2.75, 3.05) is 19.0 Å². The molecule has 0 saturated heterocycles. The Morgan fingerprint density at radius 3 is 2.72 bits per heavy atom.